The minimum atomic E-state index is -6.00. The van der Waals surface area contributed by atoms with Crippen molar-refractivity contribution in [2.75, 3.05) is 0 Å². The van der Waals surface area contributed by atoms with E-state index in [-0.39, 0.29) is 0 Å². The normalized spacial score (nSPS) is 10.1. The van der Waals surface area contributed by atoms with Gasteiger partial charge < -0.3 is 22.0 Å². The van der Waals surface area contributed by atoms with Crippen LogP contribution < -0.4 is 4.74 Å². The molecule has 2 aromatic carbocycles. The molecule has 0 aliphatic carbocycles. The van der Waals surface area contributed by atoms with Gasteiger partial charge in [-0.05, 0) is 24.3 Å². The second-order valence-electron chi connectivity index (χ2n) is 3.62. The Morgan fingerprint density at radius 1 is 1.00 bits per heavy atom. The van der Waals surface area contributed by atoms with Crippen molar-refractivity contribution in [3.63, 3.8) is 0 Å². The highest BCUT2D eigenvalue weighted by Crippen LogP contribution is 2.33. The van der Waals surface area contributed by atoms with Crippen LogP contribution in [0.3, 0.4) is 0 Å². The molecule has 110 valence electrons. The lowest BCUT2D eigenvalue weighted by Crippen LogP contribution is -2.02. The topological polar surface area (TPSA) is 37.4 Å². The van der Waals surface area contributed by atoms with Crippen LogP contribution in [-0.2, 0) is 0 Å². The summed E-state index contributed by atoms with van der Waals surface area (Å²) in [6.45, 7) is 0. The average Bonchev–Trinajstić information content (AvgIpc) is 2.40. The van der Waals surface area contributed by atoms with Crippen LogP contribution in [0.5, 0.6) is 11.5 Å². The molecule has 9 heteroatoms. The third-order valence-electron chi connectivity index (χ3n) is 2.00. The van der Waals surface area contributed by atoms with Gasteiger partial charge in [0.2, 0.25) is 11.1 Å². The smallest absolute Gasteiger partial charge is 0.449 e. The standard InChI is InChI=1S/C12H8ClN2O.BF4/c13-9-6-7-12(11(8-9)15-14)16-10-4-2-1-3-5-10;2-1(3,4)5/h1-8H;/q+1;-1. The third-order valence-corrected chi connectivity index (χ3v) is 2.23. The number of para-hydroxylation sites is 1. The zero-order valence-electron chi connectivity index (χ0n) is 10.4. The molecule has 0 amide bonds. The molecule has 0 aliphatic heterocycles. The van der Waals surface area contributed by atoms with Gasteiger partial charge in [-0.15, -0.1) is 0 Å². The summed E-state index contributed by atoms with van der Waals surface area (Å²) in [6.07, 6.45) is 0. The summed E-state index contributed by atoms with van der Waals surface area (Å²) in [5.74, 6) is 1.13. The quantitative estimate of drug-likeness (QED) is 0.392. The van der Waals surface area contributed by atoms with Crippen LogP contribution in [0, 0.1) is 5.39 Å². The summed E-state index contributed by atoms with van der Waals surface area (Å²) in [4.78, 5) is 3.12. The third kappa shape index (κ3) is 7.18. The van der Waals surface area contributed by atoms with E-state index in [1.807, 2.05) is 30.3 Å². The van der Waals surface area contributed by atoms with Crippen LogP contribution in [0.15, 0.2) is 48.5 Å². The lowest BCUT2D eigenvalue weighted by molar-refractivity contribution is 0.368. The van der Waals surface area contributed by atoms with Gasteiger partial charge in [0.25, 0.3) is 0 Å². The number of ether oxygens (including phenoxy) is 1. The Kier molecular flexibility index (Phi) is 6.00. The Morgan fingerprint density at radius 3 is 2.10 bits per heavy atom. The molecule has 21 heavy (non-hydrogen) atoms. The SMILES string of the molecule is F[B-](F)(F)F.N#[N+]c1cc(Cl)ccc1Oc1ccccc1. The largest absolute Gasteiger partial charge is 0.673 e. The summed E-state index contributed by atoms with van der Waals surface area (Å²) < 4.78 is 44.5. The van der Waals surface area contributed by atoms with Crippen LogP contribution in [0.2, 0.25) is 5.02 Å². The highest BCUT2D eigenvalue weighted by molar-refractivity contribution is 6.50. The van der Waals surface area contributed by atoms with Crippen molar-refractivity contribution in [3.8, 4) is 11.5 Å². The van der Waals surface area contributed by atoms with Crippen molar-refractivity contribution in [2.24, 2.45) is 0 Å². The van der Waals surface area contributed by atoms with Crippen LogP contribution >= 0.6 is 11.6 Å². The van der Waals surface area contributed by atoms with Crippen LogP contribution in [0.25, 0.3) is 4.98 Å². The van der Waals surface area contributed by atoms with E-state index in [4.69, 9.17) is 21.7 Å². The van der Waals surface area contributed by atoms with Crippen molar-refractivity contribution in [2.45, 2.75) is 0 Å². The average molecular weight is 318 g/mol. The van der Waals surface area contributed by atoms with Crippen molar-refractivity contribution in [1.29, 1.82) is 5.39 Å². The van der Waals surface area contributed by atoms with Gasteiger partial charge in [-0.1, -0.05) is 29.8 Å². The zero-order chi connectivity index (χ0) is 15.9. The van der Waals surface area contributed by atoms with E-state index in [9.17, 15) is 17.3 Å². The van der Waals surface area contributed by atoms with Gasteiger partial charge in [0.05, 0.1) is 6.07 Å². The van der Waals surface area contributed by atoms with Crippen molar-refractivity contribution >= 4 is 24.5 Å². The maximum absolute atomic E-state index is 9.75. The van der Waals surface area contributed by atoms with E-state index in [0.717, 1.165) is 0 Å². The molecule has 0 spiro atoms. The Hall–Kier alpha value is -2.27. The fraction of sp³-hybridized carbons (Fsp3) is 0. The Labute approximate surface area is 122 Å². The second-order valence-corrected chi connectivity index (χ2v) is 4.06. The highest BCUT2D eigenvalue weighted by Gasteiger charge is 2.20. The van der Waals surface area contributed by atoms with Gasteiger partial charge in [0.15, 0.2) is 4.98 Å². The molecule has 0 saturated heterocycles. The molecule has 0 unspecified atom stereocenters. The van der Waals surface area contributed by atoms with E-state index in [1.165, 1.54) is 6.07 Å². The minimum absolute atomic E-state index is 0.302. The van der Waals surface area contributed by atoms with E-state index >= 15 is 0 Å². The molecular weight excluding hydrogens is 310 g/mol. The summed E-state index contributed by atoms with van der Waals surface area (Å²) in [5.41, 5.74) is 0.302. The molecule has 0 bridgehead atoms. The molecule has 0 atom stereocenters. The minimum Gasteiger partial charge on any atom is -0.449 e. The number of nitrogens with zero attached hydrogens (tertiary/aromatic N) is 2. The first kappa shape index (κ1) is 16.8. The molecule has 2 rings (SSSR count). The lowest BCUT2D eigenvalue weighted by Gasteiger charge is -2.02. The van der Waals surface area contributed by atoms with Crippen LogP contribution in [0.4, 0.5) is 23.0 Å². The second kappa shape index (κ2) is 7.50. The number of hydrogen-bond acceptors (Lipinski definition) is 2. The van der Waals surface area contributed by atoms with E-state index in [1.54, 1.807) is 12.1 Å². The van der Waals surface area contributed by atoms with Gasteiger partial charge in [-0.2, -0.15) is 0 Å². The molecule has 2 aromatic rings. The van der Waals surface area contributed by atoms with Gasteiger partial charge in [-0.25, -0.2) is 0 Å². The van der Waals surface area contributed by atoms with Crippen molar-refractivity contribution in [1.82, 2.24) is 0 Å². The predicted molar refractivity (Wildman–Crippen MR) is 72.9 cm³/mol. The molecule has 0 radical (unpaired) electrons. The molecule has 0 fully saturated rings. The summed E-state index contributed by atoms with van der Waals surface area (Å²) in [7, 11) is -6.00. The van der Waals surface area contributed by atoms with Gasteiger partial charge in [-0.3, -0.25) is 0 Å². The molecule has 3 nitrogen and oxygen atoms in total. The number of diazo groups is 1. The monoisotopic (exact) mass is 318 g/mol. The van der Waals surface area contributed by atoms with E-state index < -0.39 is 7.25 Å². The first-order chi connectivity index (χ1) is 9.79. The molecule has 0 aliphatic rings. The fourth-order valence-electron chi connectivity index (χ4n) is 1.27. The predicted octanol–water partition coefficient (Wildman–Crippen LogP) is 5.92. The molecule has 0 heterocycles. The Balaban J connectivity index is 0.000000383. The lowest BCUT2D eigenvalue weighted by atomic mass is 10.3. The van der Waals surface area contributed by atoms with Gasteiger partial charge in [0.1, 0.15) is 5.75 Å². The maximum atomic E-state index is 9.75. The number of halogens is 5. The molecule has 0 N–H and O–H groups in total. The first-order valence-corrected chi connectivity index (χ1v) is 5.92. The molecule has 0 aromatic heterocycles. The van der Waals surface area contributed by atoms with Gasteiger partial charge >= 0.3 is 12.9 Å². The van der Waals surface area contributed by atoms with Crippen molar-refractivity contribution in [3.05, 3.63) is 58.5 Å². The van der Waals surface area contributed by atoms with Crippen LogP contribution in [-0.4, -0.2) is 7.25 Å². The zero-order valence-corrected chi connectivity index (χ0v) is 11.1. The van der Waals surface area contributed by atoms with E-state index in [0.29, 0.717) is 22.2 Å². The highest BCUT2D eigenvalue weighted by atomic mass is 35.5. The van der Waals surface area contributed by atoms with E-state index in [2.05, 4.69) is 4.98 Å². The maximum Gasteiger partial charge on any atom is 0.673 e. The van der Waals surface area contributed by atoms with Crippen LogP contribution in [0.1, 0.15) is 0 Å². The summed E-state index contributed by atoms with van der Waals surface area (Å²) >= 11 is 5.77. The van der Waals surface area contributed by atoms with Crippen molar-refractivity contribution < 1.29 is 22.0 Å². The fourth-order valence-corrected chi connectivity index (χ4v) is 1.44. The first-order valence-electron chi connectivity index (χ1n) is 5.54. The Bertz CT molecular complexity index is 625. The number of benzene rings is 2. The van der Waals surface area contributed by atoms with Gasteiger partial charge in [0, 0.05) is 5.02 Å². The summed E-state index contributed by atoms with van der Waals surface area (Å²) in [5, 5.41) is 9.30. The Morgan fingerprint density at radius 2 is 1.57 bits per heavy atom. The molecule has 0 saturated carbocycles. The summed E-state index contributed by atoms with van der Waals surface area (Å²) in [6, 6.07) is 14.1. The molecular formula is C12H8BClF4N2O. The number of hydrogen-bond donors (Lipinski definition) is 0. The number of rotatable bonds is 2.